The molecule has 2 rings (SSSR count). The molecule has 0 aliphatic heterocycles. The minimum absolute atomic E-state index is 0.0392. The molecule has 0 atom stereocenters. The Morgan fingerprint density at radius 3 is 2.57 bits per heavy atom. The van der Waals surface area contributed by atoms with Crippen molar-refractivity contribution >= 4 is 34.4 Å². The molecule has 0 aliphatic rings. The number of hydrogen-bond donors (Lipinski definition) is 1. The maximum Gasteiger partial charge on any atom is 0.349 e. The third-order valence-corrected chi connectivity index (χ3v) is 4.07. The van der Waals surface area contributed by atoms with E-state index in [9.17, 15) is 23.5 Å². The van der Waals surface area contributed by atoms with Crippen molar-refractivity contribution in [1.82, 2.24) is 0 Å². The van der Waals surface area contributed by atoms with Gasteiger partial charge < -0.3 is 9.84 Å². The molecule has 0 fully saturated rings. The minimum atomic E-state index is -1.15. The Balaban J connectivity index is 2.68. The molecule has 0 spiro atoms. The van der Waals surface area contributed by atoms with E-state index >= 15 is 0 Å². The van der Waals surface area contributed by atoms with Gasteiger partial charge in [-0.3, -0.25) is 4.79 Å². The fourth-order valence-corrected chi connectivity index (χ4v) is 2.80. The van der Waals surface area contributed by atoms with E-state index < -0.39 is 23.4 Å². The standard InChI is InChI=1S/C15H13F2NO4S/c1-3-22-15(21)12-13(20)8-4-9(16)10(17)5-11(8)18-14(12)23-6-7(2)19/h4-5H,3,6H2,1-2H3,(H,18,20)/p+1. The number of carbonyl (C=O) groups is 2. The predicted molar refractivity (Wildman–Crippen MR) is 79.4 cm³/mol. The summed E-state index contributed by atoms with van der Waals surface area (Å²) < 4.78 is 31.6. The first-order valence-corrected chi connectivity index (χ1v) is 7.70. The van der Waals surface area contributed by atoms with E-state index in [0.29, 0.717) is 0 Å². The summed E-state index contributed by atoms with van der Waals surface area (Å²) in [7, 11) is 0. The Morgan fingerprint density at radius 1 is 1.30 bits per heavy atom. The zero-order valence-corrected chi connectivity index (χ0v) is 13.2. The van der Waals surface area contributed by atoms with Gasteiger partial charge in [0.25, 0.3) is 5.03 Å². The second-order valence-electron chi connectivity index (χ2n) is 4.70. The van der Waals surface area contributed by atoms with Crippen molar-refractivity contribution in [2.45, 2.75) is 18.9 Å². The van der Waals surface area contributed by atoms with Crippen molar-refractivity contribution < 1.29 is 33.2 Å². The summed E-state index contributed by atoms with van der Waals surface area (Å²) in [6.07, 6.45) is 0. The number of rotatable bonds is 5. The first-order chi connectivity index (χ1) is 10.8. The number of fused-ring (bicyclic) bond motifs is 1. The highest BCUT2D eigenvalue weighted by molar-refractivity contribution is 7.99. The number of nitrogens with one attached hydrogen (secondary N) is 1. The lowest BCUT2D eigenvalue weighted by Crippen LogP contribution is -2.18. The Hall–Kier alpha value is -2.22. The SMILES string of the molecule is CCOC(=O)c1c(SCC(C)=O)[nH+]c2cc(F)c(F)cc2c1O. The van der Waals surface area contributed by atoms with Crippen LogP contribution < -0.4 is 4.98 Å². The normalized spacial score (nSPS) is 10.8. The summed E-state index contributed by atoms with van der Waals surface area (Å²) in [5.74, 6) is -3.71. The number of thioether (sulfide) groups is 1. The van der Waals surface area contributed by atoms with Crippen LogP contribution in [0.5, 0.6) is 5.75 Å². The molecule has 1 aromatic carbocycles. The molecule has 23 heavy (non-hydrogen) atoms. The van der Waals surface area contributed by atoms with Gasteiger partial charge in [-0.15, -0.1) is 0 Å². The number of H-pyrrole nitrogens is 1. The van der Waals surface area contributed by atoms with E-state index in [0.717, 1.165) is 23.9 Å². The van der Waals surface area contributed by atoms with Crippen LogP contribution in [0.15, 0.2) is 17.2 Å². The van der Waals surface area contributed by atoms with Gasteiger partial charge >= 0.3 is 5.97 Å². The summed E-state index contributed by atoms with van der Waals surface area (Å²) in [5, 5.41) is 10.4. The number of hydrogen-bond acceptors (Lipinski definition) is 5. The molecule has 0 saturated heterocycles. The molecule has 0 unspecified atom stereocenters. The quantitative estimate of drug-likeness (QED) is 0.667. The van der Waals surface area contributed by atoms with Crippen molar-refractivity contribution in [3.8, 4) is 5.75 Å². The van der Waals surface area contributed by atoms with Gasteiger partial charge in [0.15, 0.2) is 22.9 Å². The van der Waals surface area contributed by atoms with Crippen LogP contribution in [-0.2, 0) is 9.53 Å². The maximum atomic E-state index is 13.4. The topological polar surface area (TPSA) is 77.7 Å². The monoisotopic (exact) mass is 342 g/mol. The molecule has 2 aromatic rings. The molecule has 2 N–H and O–H groups in total. The molecule has 1 aromatic heterocycles. The molecule has 0 saturated carbocycles. The van der Waals surface area contributed by atoms with Gasteiger partial charge in [-0.2, -0.15) is 4.98 Å². The first-order valence-electron chi connectivity index (χ1n) is 6.71. The second kappa shape index (κ2) is 6.91. The Bertz CT molecular complexity index is 795. The molecule has 122 valence electrons. The molecule has 8 heteroatoms. The minimum Gasteiger partial charge on any atom is -0.506 e. The zero-order valence-electron chi connectivity index (χ0n) is 12.4. The van der Waals surface area contributed by atoms with Crippen LogP contribution in [0.25, 0.3) is 10.9 Å². The molecular formula is C15H14F2NO4S+. The van der Waals surface area contributed by atoms with Crippen LogP contribution in [-0.4, -0.2) is 29.2 Å². The predicted octanol–water partition coefficient (Wildman–Crippen LogP) is 2.50. The average molecular weight is 342 g/mol. The number of aromatic nitrogens is 1. The van der Waals surface area contributed by atoms with Gasteiger partial charge in [0.05, 0.1) is 17.7 Å². The number of ketones is 1. The van der Waals surface area contributed by atoms with Gasteiger partial charge in [-0.05, 0) is 31.7 Å². The smallest absolute Gasteiger partial charge is 0.349 e. The zero-order chi connectivity index (χ0) is 17.1. The number of benzene rings is 1. The van der Waals surface area contributed by atoms with Crippen molar-refractivity contribution in [1.29, 1.82) is 0 Å². The number of aromatic amines is 1. The van der Waals surface area contributed by atoms with Crippen molar-refractivity contribution in [2.24, 2.45) is 0 Å². The Morgan fingerprint density at radius 2 is 1.96 bits per heavy atom. The first kappa shape index (κ1) is 17.1. The number of halogens is 2. The maximum absolute atomic E-state index is 13.4. The van der Waals surface area contributed by atoms with Crippen molar-refractivity contribution in [2.75, 3.05) is 12.4 Å². The molecule has 5 nitrogen and oxygen atoms in total. The summed E-state index contributed by atoms with van der Waals surface area (Å²) in [5.41, 5.74) is -0.114. The number of Topliss-reactive ketones (excluding diaryl/α,β-unsaturated/α-hetero) is 1. The summed E-state index contributed by atoms with van der Waals surface area (Å²) in [6, 6.07) is 1.66. The fraction of sp³-hybridized carbons (Fsp3) is 0.267. The van der Waals surface area contributed by atoms with Crippen LogP contribution in [0.4, 0.5) is 8.78 Å². The third-order valence-electron chi connectivity index (χ3n) is 2.93. The van der Waals surface area contributed by atoms with Crippen LogP contribution >= 0.6 is 11.8 Å². The fourth-order valence-electron chi connectivity index (χ4n) is 1.95. The summed E-state index contributed by atoms with van der Waals surface area (Å²) in [6.45, 7) is 3.04. The molecule has 1 heterocycles. The van der Waals surface area contributed by atoms with Crippen LogP contribution in [0.2, 0.25) is 0 Å². The Kier molecular flexibility index (Phi) is 5.15. The summed E-state index contributed by atoms with van der Waals surface area (Å²) >= 11 is 0.966. The van der Waals surface area contributed by atoms with Gasteiger partial charge in [0, 0.05) is 6.07 Å². The van der Waals surface area contributed by atoms with E-state index in [4.69, 9.17) is 4.74 Å². The number of ether oxygens (including phenoxy) is 1. The average Bonchev–Trinajstić information content (AvgIpc) is 2.47. The highest BCUT2D eigenvalue weighted by Gasteiger charge is 2.28. The molecule has 0 radical (unpaired) electrons. The molecule has 0 amide bonds. The van der Waals surface area contributed by atoms with Gasteiger partial charge in [0.2, 0.25) is 5.52 Å². The molecule has 0 aliphatic carbocycles. The van der Waals surface area contributed by atoms with Crippen LogP contribution in [0.1, 0.15) is 24.2 Å². The van der Waals surface area contributed by atoms with Gasteiger partial charge in [-0.1, -0.05) is 0 Å². The van der Waals surface area contributed by atoms with Crippen molar-refractivity contribution in [3.63, 3.8) is 0 Å². The van der Waals surface area contributed by atoms with E-state index in [1.165, 1.54) is 6.92 Å². The number of esters is 1. The van der Waals surface area contributed by atoms with E-state index in [-0.39, 0.29) is 39.6 Å². The van der Waals surface area contributed by atoms with Gasteiger partial charge in [-0.25, -0.2) is 13.6 Å². The lowest BCUT2D eigenvalue weighted by molar-refractivity contribution is -0.395. The van der Waals surface area contributed by atoms with E-state index in [2.05, 4.69) is 4.98 Å². The van der Waals surface area contributed by atoms with Crippen LogP contribution in [0, 0.1) is 11.6 Å². The number of pyridine rings is 1. The third kappa shape index (κ3) is 3.58. The van der Waals surface area contributed by atoms with Gasteiger partial charge in [0.1, 0.15) is 5.78 Å². The largest absolute Gasteiger partial charge is 0.506 e. The highest BCUT2D eigenvalue weighted by Crippen LogP contribution is 2.33. The number of aromatic hydroxyl groups is 1. The van der Waals surface area contributed by atoms with E-state index in [1.807, 2.05) is 0 Å². The lowest BCUT2D eigenvalue weighted by Gasteiger charge is -2.08. The van der Waals surface area contributed by atoms with Crippen LogP contribution in [0.3, 0.4) is 0 Å². The highest BCUT2D eigenvalue weighted by atomic mass is 32.2. The number of carbonyl (C=O) groups excluding carboxylic acids is 2. The summed E-state index contributed by atoms with van der Waals surface area (Å²) in [4.78, 5) is 25.9. The lowest BCUT2D eigenvalue weighted by atomic mass is 10.1. The molecular weight excluding hydrogens is 328 g/mol. The van der Waals surface area contributed by atoms with E-state index in [1.54, 1.807) is 6.92 Å². The van der Waals surface area contributed by atoms with Crippen molar-refractivity contribution in [3.05, 3.63) is 29.3 Å². The Labute approximate surface area is 134 Å². The second-order valence-corrected chi connectivity index (χ2v) is 5.69. The molecule has 0 bridgehead atoms.